The first-order chi connectivity index (χ1) is 16.3. The predicted molar refractivity (Wildman–Crippen MR) is 135 cm³/mol. The van der Waals surface area contributed by atoms with Crippen LogP contribution in [-0.4, -0.2) is 35.4 Å². The predicted octanol–water partition coefficient (Wildman–Crippen LogP) is 6.66. The van der Waals surface area contributed by atoms with E-state index in [0.29, 0.717) is 46.2 Å². The summed E-state index contributed by atoms with van der Waals surface area (Å²) in [7, 11) is -3.55. The normalized spacial score (nSPS) is 20.4. The number of hydrogen-bond acceptors (Lipinski definition) is 4. The van der Waals surface area contributed by atoms with Gasteiger partial charge in [-0.1, -0.05) is 49.2 Å². The van der Waals surface area contributed by atoms with Crippen LogP contribution in [0.4, 0.5) is 4.39 Å². The Morgan fingerprint density at radius 1 is 1.12 bits per heavy atom. The van der Waals surface area contributed by atoms with Crippen LogP contribution < -0.4 is 0 Å². The monoisotopic (exact) mass is 521 g/mol. The molecule has 2 aromatic carbocycles. The minimum absolute atomic E-state index is 0.309. The van der Waals surface area contributed by atoms with Crippen molar-refractivity contribution < 1.29 is 12.8 Å². The Kier molecular flexibility index (Phi) is 6.95. The van der Waals surface area contributed by atoms with Crippen molar-refractivity contribution in [1.29, 1.82) is 0 Å². The molecule has 1 aliphatic heterocycles. The Morgan fingerprint density at radius 2 is 1.91 bits per heavy atom. The third-order valence-corrected chi connectivity index (χ3v) is 10.2. The van der Waals surface area contributed by atoms with Gasteiger partial charge in [-0.2, -0.15) is 4.31 Å². The van der Waals surface area contributed by atoms with Gasteiger partial charge in [0.15, 0.2) is 5.16 Å². The van der Waals surface area contributed by atoms with Crippen molar-refractivity contribution in [3.63, 3.8) is 0 Å². The number of halogens is 2. The molecular weight excluding hydrogens is 493 g/mol. The molecule has 1 aromatic heterocycles. The third-order valence-electron chi connectivity index (χ3n) is 6.95. The van der Waals surface area contributed by atoms with Crippen LogP contribution in [0.5, 0.6) is 0 Å². The van der Waals surface area contributed by atoms with Gasteiger partial charge in [-0.3, -0.25) is 0 Å². The molecule has 1 atom stereocenters. The minimum Gasteiger partial charge on any atom is -0.316 e. The highest BCUT2D eigenvalue weighted by atomic mass is 35.5. The fourth-order valence-corrected chi connectivity index (χ4v) is 8.15. The van der Waals surface area contributed by atoms with E-state index in [0.717, 1.165) is 41.9 Å². The lowest BCUT2D eigenvalue weighted by atomic mass is 10.0. The maximum Gasteiger partial charge on any atom is 0.243 e. The second-order valence-corrected chi connectivity index (χ2v) is 12.8. The standard InChI is InChI=1S/C25H29ClFN3O2S2/c1-17-5-4-12-29(15-17)34(31,32)21-10-11-24-23(14-21)28-25(30(24)20-6-2-3-7-20)33-16-18-8-9-19(27)13-22(18)26/h8-11,13-14,17,20H,2-7,12,15-16H2,1H3. The Hall–Kier alpha value is -1.61. The summed E-state index contributed by atoms with van der Waals surface area (Å²) in [4.78, 5) is 5.19. The summed E-state index contributed by atoms with van der Waals surface area (Å²) in [6, 6.07) is 10.2. The van der Waals surface area contributed by atoms with Gasteiger partial charge in [0.1, 0.15) is 5.82 Å². The van der Waals surface area contributed by atoms with Gasteiger partial charge in [0, 0.05) is 29.9 Å². The zero-order chi connectivity index (χ0) is 23.9. The van der Waals surface area contributed by atoms with E-state index >= 15 is 0 Å². The molecule has 34 heavy (non-hydrogen) atoms. The Balaban J connectivity index is 1.49. The summed E-state index contributed by atoms with van der Waals surface area (Å²) in [5, 5.41) is 1.25. The molecule has 1 aliphatic carbocycles. The van der Waals surface area contributed by atoms with Crippen molar-refractivity contribution in [3.8, 4) is 0 Å². The zero-order valence-corrected chi connectivity index (χ0v) is 21.6. The average Bonchev–Trinajstić information content (AvgIpc) is 3.45. The number of thioether (sulfide) groups is 1. The fraction of sp³-hybridized carbons (Fsp3) is 0.480. The van der Waals surface area contributed by atoms with Crippen molar-refractivity contribution in [2.75, 3.05) is 13.1 Å². The molecule has 0 bridgehead atoms. The first-order valence-electron chi connectivity index (χ1n) is 11.9. The molecule has 5 nitrogen and oxygen atoms in total. The average molecular weight is 522 g/mol. The van der Waals surface area contributed by atoms with Gasteiger partial charge in [0.05, 0.1) is 15.9 Å². The first-order valence-corrected chi connectivity index (χ1v) is 14.7. The Morgan fingerprint density at radius 3 is 2.65 bits per heavy atom. The number of sulfonamides is 1. The Labute approximate surface area is 209 Å². The van der Waals surface area contributed by atoms with E-state index in [1.165, 1.54) is 25.0 Å². The number of imidazole rings is 1. The molecule has 0 spiro atoms. The van der Waals surface area contributed by atoms with Crippen molar-refractivity contribution in [1.82, 2.24) is 13.9 Å². The van der Waals surface area contributed by atoms with Crippen LogP contribution in [-0.2, 0) is 15.8 Å². The van der Waals surface area contributed by atoms with Crippen LogP contribution in [0.2, 0.25) is 5.02 Å². The van der Waals surface area contributed by atoms with Gasteiger partial charge in [-0.25, -0.2) is 17.8 Å². The molecule has 1 unspecified atom stereocenters. The van der Waals surface area contributed by atoms with Gasteiger partial charge in [0.25, 0.3) is 0 Å². The lowest BCUT2D eigenvalue weighted by molar-refractivity contribution is 0.281. The third kappa shape index (κ3) is 4.74. The number of fused-ring (bicyclic) bond motifs is 1. The lowest BCUT2D eigenvalue weighted by Crippen LogP contribution is -2.39. The van der Waals surface area contributed by atoms with E-state index in [2.05, 4.69) is 11.5 Å². The lowest BCUT2D eigenvalue weighted by Gasteiger charge is -2.30. The maximum atomic E-state index is 13.4. The van der Waals surface area contributed by atoms with Crippen LogP contribution in [0.1, 0.15) is 57.1 Å². The van der Waals surface area contributed by atoms with E-state index in [9.17, 15) is 12.8 Å². The molecule has 0 radical (unpaired) electrons. The van der Waals surface area contributed by atoms with E-state index in [1.54, 1.807) is 34.3 Å². The summed E-state index contributed by atoms with van der Waals surface area (Å²) in [5.41, 5.74) is 2.51. The van der Waals surface area contributed by atoms with E-state index in [-0.39, 0.29) is 5.82 Å². The second kappa shape index (κ2) is 9.80. The van der Waals surface area contributed by atoms with Gasteiger partial charge >= 0.3 is 0 Å². The minimum atomic E-state index is -3.55. The fourth-order valence-electron chi connectivity index (χ4n) is 5.13. The first kappa shape index (κ1) is 24.1. The largest absolute Gasteiger partial charge is 0.316 e. The topological polar surface area (TPSA) is 55.2 Å². The van der Waals surface area contributed by atoms with E-state index in [4.69, 9.17) is 16.6 Å². The molecule has 2 fully saturated rings. The van der Waals surface area contributed by atoms with Crippen molar-refractivity contribution in [2.24, 2.45) is 5.92 Å². The molecule has 0 amide bonds. The van der Waals surface area contributed by atoms with Crippen LogP contribution >= 0.6 is 23.4 Å². The maximum absolute atomic E-state index is 13.4. The van der Waals surface area contributed by atoms with Crippen LogP contribution in [0.15, 0.2) is 46.5 Å². The smallest absolute Gasteiger partial charge is 0.243 e. The van der Waals surface area contributed by atoms with Gasteiger partial charge in [-0.05, 0) is 67.5 Å². The molecule has 3 aromatic rings. The molecular formula is C25H29ClFN3O2S2. The highest BCUT2D eigenvalue weighted by molar-refractivity contribution is 7.98. The Bertz CT molecular complexity index is 1300. The molecule has 2 aliphatic rings. The summed E-state index contributed by atoms with van der Waals surface area (Å²) < 4.78 is 44.0. The van der Waals surface area contributed by atoms with Crippen molar-refractivity contribution in [2.45, 2.75) is 67.3 Å². The zero-order valence-electron chi connectivity index (χ0n) is 19.2. The summed E-state index contributed by atoms with van der Waals surface area (Å²) >= 11 is 7.80. The number of benzene rings is 2. The molecule has 182 valence electrons. The van der Waals surface area contributed by atoms with Crippen molar-refractivity contribution >= 4 is 44.4 Å². The van der Waals surface area contributed by atoms with Crippen molar-refractivity contribution in [3.05, 3.63) is 52.8 Å². The van der Waals surface area contributed by atoms with Crippen LogP contribution in [0.25, 0.3) is 11.0 Å². The van der Waals surface area contributed by atoms with Crippen LogP contribution in [0, 0.1) is 11.7 Å². The van der Waals surface area contributed by atoms with Gasteiger partial charge < -0.3 is 4.57 Å². The molecule has 5 rings (SSSR count). The molecule has 1 saturated carbocycles. The summed E-state index contributed by atoms with van der Waals surface area (Å²) in [6.45, 7) is 3.24. The second-order valence-electron chi connectivity index (χ2n) is 9.49. The number of piperidine rings is 1. The summed E-state index contributed by atoms with van der Waals surface area (Å²) in [6.07, 6.45) is 6.49. The number of hydrogen-bond donors (Lipinski definition) is 0. The molecule has 9 heteroatoms. The number of rotatable bonds is 6. The van der Waals surface area contributed by atoms with Gasteiger partial charge in [0.2, 0.25) is 10.0 Å². The number of nitrogens with zero attached hydrogens (tertiary/aromatic N) is 3. The molecule has 2 heterocycles. The molecule has 0 N–H and O–H groups in total. The van der Waals surface area contributed by atoms with Gasteiger partial charge in [-0.15, -0.1) is 0 Å². The highest BCUT2D eigenvalue weighted by Gasteiger charge is 2.30. The highest BCUT2D eigenvalue weighted by Crippen LogP contribution is 2.38. The summed E-state index contributed by atoms with van der Waals surface area (Å²) in [5.74, 6) is 0.579. The number of aromatic nitrogens is 2. The molecule has 1 saturated heterocycles. The quantitative estimate of drug-likeness (QED) is 0.340. The van der Waals surface area contributed by atoms with Crippen LogP contribution in [0.3, 0.4) is 0 Å². The van der Waals surface area contributed by atoms with E-state index in [1.807, 2.05) is 6.07 Å². The van der Waals surface area contributed by atoms with E-state index < -0.39 is 10.0 Å². The SMILES string of the molecule is CC1CCCN(S(=O)(=O)c2ccc3c(c2)nc(SCc2ccc(F)cc2Cl)n3C2CCCC2)C1.